The Bertz CT molecular complexity index is 1470. The topological polar surface area (TPSA) is 134 Å². The summed E-state index contributed by atoms with van der Waals surface area (Å²) in [4.78, 5) is 40.1. The van der Waals surface area contributed by atoms with E-state index in [4.69, 9.17) is 15.6 Å². The van der Waals surface area contributed by atoms with Gasteiger partial charge in [0.15, 0.2) is 0 Å². The molecule has 4 N–H and O–H groups in total. The first kappa shape index (κ1) is 28.3. The number of carbonyl (C=O) groups is 2. The molecule has 0 aliphatic carbocycles. The van der Waals surface area contributed by atoms with Crippen molar-refractivity contribution in [3.8, 4) is 0 Å². The maximum atomic E-state index is 13.0. The fraction of sp³-hybridized carbons (Fsp3) is 0.296. The van der Waals surface area contributed by atoms with Gasteiger partial charge in [0, 0.05) is 38.5 Å². The SMILES string of the molecule is COCCC(=O)N1CCN[C@@H](C2=C3C=NC=C[N+]3(N)C(c3ccc(C(=O)Nc4cc(C(F)(F)F)ccn4)cc3)=N2)C1. The van der Waals surface area contributed by atoms with E-state index in [2.05, 4.69) is 20.6 Å². The Kier molecular flexibility index (Phi) is 7.82. The number of amides is 2. The number of halogens is 3. The zero-order valence-electron chi connectivity index (χ0n) is 22.1. The third-order valence-electron chi connectivity index (χ3n) is 6.93. The summed E-state index contributed by atoms with van der Waals surface area (Å²) in [5.41, 5.74) is 1.21. The van der Waals surface area contributed by atoms with Crippen LogP contribution in [0.1, 0.15) is 27.9 Å². The predicted octanol–water partition coefficient (Wildman–Crippen LogP) is 2.41. The van der Waals surface area contributed by atoms with Gasteiger partial charge in [-0.25, -0.2) is 4.98 Å². The lowest BCUT2D eigenvalue weighted by molar-refractivity contribution is -0.750. The van der Waals surface area contributed by atoms with Crippen molar-refractivity contribution in [3.05, 3.63) is 83.1 Å². The molecule has 1 aromatic carbocycles. The number of benzene rings is 1. The van der Waals surface area contributed by atoms with Crippen molar-refractivity contribution >= 4 is 29.7 Å². The zero-order chi connectivity index (χ0) is 29.2. The number of fused-ring (bicyclic) bond motifs is 1. The molecule has 41 heavy (non-hydrogen) atoms. The van der Waals surface area contributed by atoms with Crippen LogP contribution in [0, 0.1) is 0 Å². The quantitative estimate of drug-likeness (QED) is 0.346. The Labute approximate surface area is 233 Å². The molecule has 3 aliphatic heterocycles. The Hall–Kier alpha value is -4.24. The van der Waals surface area contributed by atoms with Crippen LogP contribution >= 0.6 is 0 Å². The van der Waals surface area contributed by atoms with E-state index in [0.717, 1.165) is 18.3 Å². The molecule has 0 spiro atoms. The molecule has 1 aromatic heterocycles. The molecule has 0 bridgehead atoms. The highest BCUT2D eigenvalue weighted by atomic mass is 19.4. The highest BCUT2D eigenvalue weighted by molar-refractivity contribution is 6.05. The average Bonchev–Trinajstić information content (AvgIpc) is 3.28. The first-order chi connectivity index (χ1) is 19.6. The molecular weight excluding hydrogens is 541 g/mol. The number of piperazine rings is 1. The number of alkyl halides is 3. The van der Waals surface area contributed by atoms with Crippen LogP contribution in [0.15, 0.2) is 76.4 Å². The Morgan fingerprint density at radius 2 is 2.02 bits per heavy atom. The third-order valence-corrected chi connectivity index (χ3v) is 6.93. The van der Waals surface area contributed by atoms with Crippen LogP contribution in [0.2, 0.25) is 0 Å². The first-order valence-electron chi connectivity index (χ1n) is 12.8. The molecule has 1 unspecified atom stereocenters. The Morgan fingerprint density at radius 3 is 2.76 bits per heavy atom. The number of anilines is 1. The third kappa shape index (κ3) is 5.81. The number of hydrogen-bond donors (Lipinski definition) is 3. The number of pyridine rings is 1. The van der Waals surface area contributed by atoms with E-state index in [1.807, 2.05) is 0 Å². The van der Waals surface area contributed by atoms with E-state index in [-0.39, 0.29) is 34.3 Å². The van der Waals surface area contributed by atoms with Crippen molar-refractivity contribution in [2.24, 2.45) is 15.8 Å². The summed E-state index contributed by atoms with van der Waals surface area (Å²) >= 11 is 0. The van der Waals surface area contributed by atoms with Crippen LogP contribution in [0.25, 0.3) is 0 Å². The van der Waals surface area contributed by atoms with E-state index in [0.29, 0.717) is 49.0 Å². The summed E-state index contributed by atoms with van der Waals surface area (Å²) < 4.78 is 43.8. The smallest absolute Gasteiger partial charge is 0.384 e. The van der Waals surface area contributed by atoms with Gasteiger partial charge in [0.25, 0.3) is 11.7 Å². The molecule has 1 fully saturated rings. The molecule has 214 valence electrons. The van der Waals surface area contributed by atoms with Gasteiger partial charge >= 0.3 is 6.18 Å². The van der Waals surface area contributed by atoms with Gasteiger partial charge in [-0.1, -0.05) is 0 Å². The summed E-state index contributed by atoms with van der Waals surface area (Å²) in [5.74, 6) is 6.45. The van der Waals surface area contributed by atoms with Crippen LogP contribution in [0.3, 0.4) is 0 Å². The number of rotatable bonds is 7. The molecule has 2 amide bonds. The summed E-state index contributed by atoms with van der Waals surface area (Å²) in [7, 11) is 1.55. The van der Waals surface area contributed by atoms with Crippen LogP contribution in [0.5, 0.6) is 0 Å². The highest BCUT2D eigenvalue weighted by Gasteiger charge is 2.46. The van der Waals surface area contributed by atoms with Gasteiger partial charge in [-0.15, -0.1) is 4.59 Å². The molecule has 3 aliphatic rings. The summed E-state index contributed by atoms with van der Waals surface area (Å²) in [6.07, 6.45) is 1.61. The molecule has 11 nitrogen and oxygen atoms in total. The second-order valence-corrected chi connectivity index (χ2v) is 9.61. The fourth-order valence-electron chi connectivity index (χ4n) is 4.80. The number of nitrogens with two attached hydrogens (primary N) is 1. The van der Waals surface area contributed by atoms with Crippen molar-refractivity contribution < 1.29 is 32.1 Å². The normalized spacial score (nSPS) is 22.0. The summed E-state index contributed by atoms with van der Waals surface area (Å²) in [5, 5.41) is 5.81. The van der Waals surface area contributed by atoms with E-state index in [1.165, 1.54) is 12.1 Å². The van der Waals surface area contributed by atoms with Gasteiger partial charge in [-0.3, -0.25) is 14.6 Å². The van der Waals surface area contributed by atoms with Crippen LogP contribution in [0.4, 0.5) is 19.0 Å². The van der Waals surface area contributed by atoms with Gasteiger partial charge in [0.05, 0.1) is 42.6 Å². The van der Waals surface area contributed by atoms with E-state index in [9.17, 15) is 22.8 Å². The molecular formula is C27H28F3N8O3+. The number of aromatic nitrogens is 1. The number of methoxy groups -OCH3 is 1. The minimum atomic E-state index is -4.56. The lowest BCUT2D eigenvalue weighted by Crippen LogP contribution is -2.55. The van der Waals surface area contributed by atoms with Crippen LogP contribution < -0.4 is 16.5 Å². The number of allylic oxidation sites excluding steroid dienone is 1. The number of amidine groups is 1. The van der Waals surface area contributed by atoms with Gasteiger partial charge in [0.1, 0.15) is 17.7 Å². The van der Waals surface area contributed by atoms with Crippen molar-refractivity contribution in [2.45, 2.75) is 18.6 Å². The first-order valence-corrected chi connectivity index (χ1v) is 12.8. The molecule has 0 saturated carbocycles. The Morgan fingerprint density at radius 1 is 1.24 bits per heavy atom. The molecule has 5 rings (SSSR count). The number of nitrogens with one attached hydrogen (secondary N) is 2. The highest BCUT2D eigenvalue weighted by Crippen LogP contribution is 2.33. The summed E-state index contributed by atoms with van der Waals surface area (Å²) in [6, 6.07) is 7.69. The Balaban J connectivity index is 1.36. The number of ether oxygens (including phenoxy) is 1. The van der Waals surface area contributed by atoms with Crippen molar-refractivity contribution in [1.82, 2.24) is 15.2 Å². The molecule has 0 radical (unpaired) electrons. The lowest BCUT2D eigenvalue weighted by Gasteiger charge is -2.33. The largest absolute Gasteiger partial charge is 0.416 e. The van der Waals surface area contributed by atoms with E-state index < -0.39 is 17.6 Å². The van der Waals surface area contributed by atoms with Crippen molar-refractivity contribution in [1.29, 1.82) is 0 Å². The maximum absolute atomic E-state index is 13.0. The predicted molar refractivity (Wildman–Crippen MR) is 144 cm³/mol. The van der Waals surface area contributed by atoms with E-state index in [1.54, 1.807) is 42.8 Å². The van der Waals surface area contributed by atoms with Gasteiger partial charge < -0.3 is 20.3 Å². The second kappa shape index (κ2) is 11.3. The van der Waals surface area contributed by atoms with Crippen LogP contribution in [-0.4, -0.2) is 77.7 Å². The minimum Gasteiger partial charge on any atom is -0.384 e. The maximum Gasteiger partial charge on any atom is 0.416 e. The second-order valence-electron chi connectivity index (χ2n) is 9.61. The fourth-order valence-corrected chi connectivity index (χ4v) is 4.80. The van der Waals surface area contributed by atoms with Gasteiger partial charge in [-0.05, 0) is 36.4 Å². The molecule has 1 saturated heterocycles. The van der Waals surface area contributed by atoms with Crippen molar-refractivity contribution in [2.75, 3.05) is 38.7 Å². The average molecular weight is 570 g/mol. The molecule has 4 heterocycles. The number of aliphatic imine (C=N–C) groups is 2. The number of hydrogen-bond acceptors (Lipinski definition) is 8. The molecule has 2 atom stereocenters. The van der Waals surface area contributed by atoms with Gasteiger partial charge in [0.2, 0.25) is 11.6 Å². The number of quaternary nitrogens is 1. The van der Waals surface area contributed by atoms with Crippen LogP contribution in [-0.2, 0) is 15.7 Å². The van der Waals surface area contributed by atoms with Gasteiger partial charge in [-0.2, -0.15) is 24.0 Å². The minimum absolute atomic E-state index is 0.00828. The number of carbonyl (C=O) groups excluding carboxylic acids is 2. The molecule has 14 heteroatoms. The van der Waals surface area contributed by atoms with E-state index >= 15 is 0 Å². The zero-order valence-corrected chi connectivity index (χ0v) is 22.1. The number of nitrogens with zero attached hydrogens (tertiary/aromatic N) is 5. The molecule has 2 aromatic rings. The standard InChI is InChI=1S/C27H27F3N8O3/c1-41-13-7-23(39)37-11-9-33-20(16-37)24-21-15-32-10-12-38(21,31)25(36-24)17-2-4-18(5-3-17)26(40)35-22-14-19(6-8-34-22)27(28,29)30/h2-6,8,10,12,14-15,20,33H,7,9,11,13,16,31H2,1H3/p+1/t20-,38?/m1/s1. The monoisotopic (exact) mass is 569 g/mol. The summed E-state index contributed by atoms with van der Waals surface area (Å²) in [6.45, 7) is 1.88. The van der Waals surface area contributed by atoms with Crippen molar-refractivity contribution in [3.63, 3.8) is 0 Å². The lowest BCUT2D eigenvalue weighted by atomic mass is 10.1.